The highest BCUT2D eigenvalue weighted by molar-refractivity contribution is 9.10. The summed E-state index contributed by atoms with van der Waals surface area (Å²) in [5.74, 6) is 0.0778. The molecule has 5 heteroatoms. The van der Waals surface area contributed by atoms with Crippen LogP contribution in [0.1, 0.15) is 18.5 Å². The Kier molecular flexibility index (Phi) is 6.23. The van der Waals surface area contributed by atoms with Gasteiger partial charge in [-0.2, -0.15) is 0 Å². The van der Waals surface area contributed by atoms with E-state index in [1.165, 1.54) is 13.3 Å². The first-order chi connectivity index (χ1) is 11.1. The molecule has 0 unspecified atom stereocenters. The molecule has 0 spiro atoms. The van der Waals surface area contributed by atoms with Gasteiger partial charge in [-0.25, -0.2) is 4.79 Å². The van der Waals surface area contributed by atoms with E-state index in [9.17, 15) is 4.79 Å². The van der Waals surface area contributed by atoms with E-state index in [4.69, 9.17) is 9.47 Å². The number of methoxy groups -OCH3 is 1. The van der Waals surface area contributed by atoms with Crippen molar-refractivity contribution in [1.29, 1.82) is 0 Å². The average Bonchev–Trinajstić information content (AvgIpc) is 2.60. The maximum absolute atomic E-state index is 11.9. The number of hydrogen-bond acceptors (Lipinski definition) is 4. The van der Waals surface area contributed by atoms with E-state index in [0.717, 1.165) is 10.0 Å². The minimum absolute atomic E-state index is 0.0265. The minimum atomic E-state index is -0.548. The van der Waals surface area contributed by atoms with E-state index < -0.39 is 5.97 Å². The molecule has 23 heavy (non-hydrogen) atoms. The van der Waals surface area contributed by atoms with Crippen LogP contribution in [0, 0.1) is 0 Å². The second kappa shape index (κ2) is 8.39. The SMILES string of the molecule is COC(=O)/C(=C\N[C@@H](C)c1ccccc1)Oc1ccccc1Br. The van der Waals surface area contributed by atoms with Gasteiger partial charge >= 0.3 is 5.97 Å². The number of esters is 1. The first-order valence-electron chi connectivity index (χ1n) is 7.13. The summed E-state index contributed by atoms with van der Waals surface area (Å²) in [7, 11) is 1.32. The molecule has 0 aliphatic carbocycles. The second-order valence-corrected chi connectivity index (χ2v) is 5.69. The molecule has 0 aliphatic rings. The first kappa shape index (κ1) is 17.1. The summed E-state index contributed by atoms with van der Waals surface area (Å²) in [6.07, 6.45) is 1.53. The van der Waals surface area contributed by atoms with Gasteiger partial charge in [-0.15, -0.1) is 0 Å². The van der Waals surface area contributed by atoms with Crippen molar-refractivity contribution < 1.29 is 14.3 Å². The third-order valence-corrected chi connectivity index (χ3v) is 3.86. The van der Waals surface area contributed by atoms with Crippen LogP contribution in [-0.2, 0) is 9.53 Å². The largest absolute Gasteiger partial charge is 0.463 e. The fourth-order valence-corrected chi connectivity index (χ4v) is 2.28. The molecule has 0 saturated heterocycles. The van der Waals surface area contributed by atoms with Crippen molar-refractivity contribution in [3.05, 3.63) is 76.6 Å². The Morgan fingerprint density at radius 1 is 1.13 bits per heavy atom. The van der Waals surface area contributed by atoms with Crippen molar-refractivity contribution in [2.75, 3.05) is 7.11 Å². The quantitative estimate of drug-likeness (QED) is 0.467. The van der Waals surface area contributed by atoms with Gasteiger partial charge in [0.15, 0.2) is 0 Å². The lowest BCUT2D eigenvalue weighted by atomic mass is 10.1. The van der Waals surface area contributed by atoms with Crippen LogP contribution in [0.5, 0.6) is 5.75 Å². The molecule has 0 bridgehead atoms. The van der Waals surface area contributed by atoms with Gasteiger partial charge in [-0.05, 0) is 40.5 Å². The predicted octanol–water partition coefficient (Wildman–Crippen LogP) is 4.19. The molecule has 1 atom stereocenters. The van der Waals surface area contributed by atoms with Gasteiger partial charge in [-0.1, -0.05) is 42.5 Å². The Balaban J connectivity index is 2.15. The summed E-state index contributed by atoms with van der Waals surface area (Å²) in [6, 6.07) is 17.2. The van der Waals surface area contributed by atoms with E-state index in [1.807, 2.05) is 55.5 Å². The number of carbonyl (C=O) groups is 1. The number of hydrogen-bond donors (Lipinski definition) is 1. The van der Waals surface area contributed by atoms with Crippen LogP contribution in [0.2, 0.25) is 0 Å². The van der Waals surface area contributed by atoms with Crippen molar-refractivity contribution in [2.45, 2.75) is 13.0 Å². The fraction of sp³-hybridized carbons (Fsp3) is 0.167. The predicted molar refractivity (Wildman–Crippen MR) is 92.9 cm³/mol. The van der Waals surface area contributed by atoms with Crippen molar-refractivity contribution in [1.82, 2.24) is 5.32 Å². The van der Waals surface area contributed by atoms with Gasteiger partial charge in [0, 0.05) is 12.2 Å². The van der Waals surface area contributed by atoms with Gasteiger partial charge in [0.05, 0.1) is 11.6 Å². The van der Waals surface area contributed by atoms with Gasteiger partial charge in [0.1, 0.15) is 5.75 Å². The molecule has 0 radical (unpaired) electrons. The lowest BCUT2D eigenvalue weighted by Crippen LogP contribution is -2.18. The van der Waals surface area contributed by atoms with Crippen molar-refractivity contribution in [3.63, 3.8) is 0 Å². The van der Waals surface area contributed by atoms with Crippen LogP contribution in [-0.4, -0.2) is 13.1 Å². The summed E-state index contributed by atoms with van der Waals surface area (Å²) in [5.41, 5.74) is 1.11. The molecule has 0 saturated carbocycles. The molecular weight excluding hydrogens is 358 g/mol. The molecular formula is C18H18BrNO3. The van der Waals surface area contributed by atoms with Crippen LogP contribution < -0.4 is 10.1 Å². The van der Waals surface area contributed by atoms with Crippen LogP contribution >= 0.6 is 15.9 Å². The van der Waals surface area contributed by atoms with Gasteiger partial charge < -0.3 is 14.8 Å². The molecule has 1 N–H and O–H groups in total. The topological polar surface area (TPSA) is 47.6 Å². The van der Waals surface area contributed by atoms with E-state index in [0.29, 0.717) is 5.75 Å². The number of halogens is 1. The minimum Gasteiger partial charge on any atom is -0.463 e. The maximum Gasteiger partial charge on any atom is 0.375 e. The summed E-state index contributed by atoms with van der Waals surface area (Å²) < 4.78 is 11.2. The zero-order valence-corrected chi connectivity index (χ0v) is 14.5. The van der Waals surface area contributed by atoms with E-state index in [1.54, 1.807) is 6.07 Å². The number of nitrogens with one attached hydrogen (secondary N) is 1. The highest BCUT2D eigenvalue weighted by Gasteiger charge is 2.15. The summed E-state index contributed by atoms with van der Waals surface area (Å²) in [5, 5.41) is 3.15. The van der Waals surface area contributed by atoms with Crippen LogP contribution in [0.4, 0.5) is 0 Å². The van der Waals surface area contributed by atoms with E-state index in [-0.39, 0.29) is 11.8 Å². The Labute approximate surface area is 144 Å². The zero-order chi connectivity index (χ0) is 16.7. The summed E-state index contributed by atoms with van der Waals surface area (Å²) in [6.45, 7) is 2.00. The Hall–Kier alpha value is -2.27. The molecule has 0 heterocycles. The molecule has 0 aliphatic heterocycles. The lowest BCUT2D eigenvalue weighted by molar-refractivity contribution is -0.138. The van der Waals surface area contributed by atoms with Crippen molar-refractivity contribution in [2.24, 2.45) is 0 Å². The highest BCUT2D eigenvalue weighted by Crippen LogP contribution is 2.26. The number of carbonyl (C=O) groups excluding carboxylic acids is 1. The first-order valence-corrected chi connectivity index (χ1v) is 7.93. The number of benzene rings is 2. The molecule has 2 rings (SSSR count). The smallest absolute Gasteiger partial charge is 0.375 e. The third-order valence-electron chi connectivity index (χ3n) is 3.21. The van der Waals surface area contributed by atoms with Crippen LogP contribution in [0.25, 0.3) is 0 Å². The third kappa shape index (κ3) is 4.86. The van der Waals surface area contributed by atoms with Crippen LogP contribution in [0.15, 0.2) is 71.0 Å². The molecule has 4 nitrogen and oxygen atoms in total. The molecule has 0 fully saturated rings. The normalized spacial score (nSPS) is 12.4. The molecule has 2 aromatic rings. The van der Waals surface area contributed by atoms with E-state index >= 15 is 0 Å². The Morgan fingerprint density at radius 3 is 2.43 bits per heavy atom. The molecule has 120 valence electrons. The van der Waals surface area contributed by atoms with Gasteiger partial charge in [0.25, 0.3) is 0 Å². The number of para-hydroxylation sites is 1. The monoisotopic (exact) mass is 375 g/mol. The van der Waals surface area contributed by atoms with Gasteiger partial charge in [0.2, 0.25) is 5.76 Å². The summed E-state index contributed by atoms with van der Waals surface area (Å²) in [4.78, 5) is 11.9. The average molecular weight is 376 g/mol. The molecule has 0 amide bonds. The Morgan fingerprint density at radius 2 is 1.78 bits per heavy atom. The fourth-order valence-electron chi connectivity index (χ4n) is 1.92. The van der Waals surface area contributed by atoms with Crippen molar-refractivity contribution in [3.8, 4) is 5.75 Å². The highest BCUT2D eigenvalue weighted by atomic mass is 79.9. The standard InChI is InChI=1S/C18H18BrNO3/c1-13(14-8-4-3-5-9-14)20-12-17(18(21)22-2)23-16-11-7-6-10-15(16)19/h3-13,20H,1-2H3/b17-12+/t13-/m0/s1. The summed E-state index contributed by atoms with van der Waals surface area (Å²) >= 11 is 3.39. The lowest BCUT2D eigenvalue weighted by Gasteiger charge is -2.14. The second-order valence-electron chi connectivity index (χ2n) is 4.83. The molecule has 2 aromatic carbocycles. The Bertz CT molecular complexity index is 686. The number of ether oxygens (including phenoxy) is 2. The van der Waals surface area contributed by atoms with Crippen LogP contribution in [0.3, 0.4) is 0 Å². The van der Waals surface area contributed by atoms with Gasteiger partial charge in [-0.3, -0.25) is 0 Å². The van der Waals surface area contributed by atoms with E-state index in [2.05, 4.69) is 21.2 Å². The zero-order valence-electron chi connectivity index (χ0n) is 13.0. The van der Waals surface area contributed by atoms with Crippen molar-refractivity contribution >= 4 is 21.9 Å². The maximum atomic E-state index is 11.9. The molecule has 0 aromatic heterocycles. The number of rotatable bonds is 6.